The largest absolute Gasteiger partial charge is 0.496 e. The highest BCUT2D eigenvalue weighted by molar-refractivity contribution is 9.10. The molecule has 3 aromatic rings. The Morgan fingerprint density at radius 2 is 1.70 bits per heavy atom. The Morgan fingerprint density at radius 1 is 0.967 bits per heavy atom. The third-order valence-corrected chi connectivity index (χ3v) is 4.94. The Hall–Kier alpha value is -3.09. The number of rotatable bonds is 6. The smallest absolute Gasteiger partial charge is 0.257 e. The highest BCUT2D eigenvalue weighted by Crippen LogP contribution is 2.24. The van der Waals surface area contributed by atoms with Gasteiger partial charge in [-0.25, -0.2) is 0 Å². The van der Waals surface area contributed by atoms with Crippen LogP contribution in [-0.4, -0.2) is 18.9 Å². The number of methoxy groups -OCH3 is 1. The summed E-state index contributed by atoms with van der Waals surface area (Å²) in [4.78, 5) is 24.7. The summed E-state index contributed by atoms with van der Waals surface area (Å²) in [5.41, 5.74) is 2.22. The SMILES string of the molecule is COc1ccc(Br)cc1/C=C/C(=O)Nc1cccc(NC(=O)c2ccccc2Cl)c1. The van der Waals surface area contributed by atoms with Gasteiger partial charge in [-0.05, 0) is 54.6 Å². The second kappa shape index (κ2) is 10.1. The number of hydrogen-bond acceptors (Lipinski definition) is 3. The maximum atomic E-state index is 12.4. The van der Waals surface area contributed by atoms with E-state index in [9.17, 15) is 9.59 Å². The molecule has 2 N–H and O–H groups in total. The molecule has 7 heteroatoms. The van der Waals surface area contributed by atoms with Crippen LogP contribution in [0.25, 0.3) is 6.08 Å². The van der Waals surface area contributed by atoms with Crippen LogP contribution < -0.4 is 15.4 Å². The van der Waals surface area contributed by atoms with Crippen molar-refractivity contribution in [2.24, 2.45) is 0 Å². The zero-order valence-electron chi connectivity index (χ0n) is 16.0. The van der Waals surface area contributed by atoms with Gasteiger partial charge in [0.25, 0.3) is 5.91 Å². The average Bonchev–Trinajstić information content (AvgIpc) is 2.73. The topological polar surface area (TPSA) is 67.4 Å². The fourth-order valence-electron chi connectivity index (χ4n) is 2.70. The summed E-state index contributed by atoms with van der Waals surface area (Å²) in [6.45, 7) is 0. The monoisotopic (exact) mass is 484 g/mol. The lowest BCUT2D eigenvalue weighted by molar-refractivity contribution is -0.111. The minimum absolute atomic E-state index is 0.313. The first-order chi connectivity index (χ1) is 14.5. The normalized spacial score (nSPS) is 10.6. The van der Waals surface area contributed by atoms with Crippen molar-refractivity contribution in [3.8, 4) is 5.75 Å². The Labute approximate surface area is 187 Å². The number of halogens is 2. The minimum Gasteiger partial charge on any atom is -0.496 e. The van der Waals surface area contributed by atoms with E-state index in [-0.39, 0.29) is 11.8 Å². The molecule has 0 saturated carbocycles. The van der Waals surface area contributed by atoms with Gasteiger partial charge in [0.05, 0.1) is 17.7 Å². The lowest BCUT2D eigenvalue weighted by Gasteiger charge is -2.09. The molecule has 0 saturated heterocycles. The standard InChI is InChI=1S/C23H18BrClN2O3/c1-30-21-11-10-16(24)13-15(21)9-12-22(28)26-17-5-4-6-18(14-17)27-23(29)19-7-2-3-8-20(19)25/h2-14H,1H3,(H,26,28)(H,27,29)/b12-9+. The van der Waals surface area contributed by atoms with E-state index in [4.69, 9.17) is 16.3 Å². The number of anilines is 2. The number of nitrogens with one attached hydrogen (secondary N) is 2. The van der Waals surface area contributed by atoms with Crippen molar-refractivity contribution < 1.29 is 14.3 Å². The lowest BCUT2D eigenvalue weighted by atomic mass is 10.2. The van der Waals surface area contributed by atoms with Crippen LogP contribution in [0.4, 0.5) is 11.4 Å². The molecule has 0 heterocycles. The molecule has 5 nitrogen and oxygen atoms in total. The van der Waals surface area contributed by atoms with Crippen molar-refractivity contribution in [1.29, 1.82) is 0 Å². The summed E-state index contributed by atoms with van der Waals surface area (Å²) in [5.74, 6) is 0.0175. The predicted octanol–water partition coefficient (Wildman–Crippen LogP) is 6.02. The molecule has 0 radical (unpaired) electrons. The minimum atomic E-state index is -0.328. The van der Waals surface area contributed by atoms with E-state index in [2.05, 4.69) is 26.6 Å². The van der Waals surface area contributed by atoms with Crippen molar-refractivity contribution in [1.82, 2.24) is 0 Å². The molecular weight excluding hydrogens is 468 g/mol. The Kier molecular flexibility index (Phi) is 7.27. The van der Waals surface area contributed by atoms with E-state index >= 15 is 0 Å². The van der Waals surface area contributed by atoms with E-state index in [1.807, 2.05) is 18.2 Å². The van der Waals surface area contributed by atoms with Crippen molar-refractivity contribution in [3.05, 3.63) is 93.4 Å². The summed E-state index contributed by atoms with van der Waals surface area (Å²) in [7, 11) is 1.57. The molecule has 0 fully saturated rings. The molecule has 0 aromatic heterocycles. The Morgan fingerprint density at radius 3 is 2.43 bits per heavy atom. The van der Waals surface area contributed by atoms with Crippen LogP contribution in [0.2, 0.25) is 5.02 Å². The number of carbonyl (C=O) groups excluding carboxylic acids is 2. The second-order valence-corrected chi connectivity index (χ2v) is 7.55. The molecule has 0 atom stereocenters. The van der Waals surface area contributed by atoms with Gasteiger partial charge in [0.2, 0.25) is 5.91 Å². The molecule has 0 unspecified atom stereocenters. The zero-order valence-corrected chi connectivity index (χ0v) is 18.3. The first kappa shape index (κ1) is 21.6. The first-order valence-electron chi connectivity index (χ1n) is 8.95. The van der Waals surface area contributed by atoms with Crippen LogP contribution in [-0.2, 0) is 4.79 Å². The van der Waals surface area contributed by atoms with E-state index in [0.29, 0.717) is 27.7 Å². The highest BCUT2D eigenvalue weighted by Gasteiger charge is 2.10. The first-order valence-corrected chi connectivity index (χ1v) is 10.1. The molecule has 30 heavy (non-hydrogen) atoms. The molecule has 0 aliphatic carbocycles. The maximum absolute atomic E-state index is 12.4. The molecule has 3 aromatic carbocycles. The van der Waals surface area contributed by atoms with Gasteiger partial charge in [-0.3, -0.25) is 9.59 Å². The van der Waals surface area contributed by atoms with Crippen LogP contribution in [0.1, 0.15) is 15.9 Å². The van der Waals surface area contributed by atoms with E-state index in [0.717, 1.165) is 10.0 Å². The van der Waals surface area contributed by atoms with Gasteiger partial charge < -0.3 is 15.4 Å². The summed E-state index contributed by atoms with van der Waals surface area (Å²) < 4.78 is 6.17. The summed E-state index contributed by atoms with van der Waals surface area (Å²) in [5, 5.41) is 5.92. The summed E-state index contributed by atoms with van der Waals surface area (Å²) in [6.07, 6.45) is 3.08. The number of ether oxygens (including phenoxy) is 1. The fraction of sp³-hybridized carbons (Fsp3) is 0.0435. The fourth-order valence-corrected chi connectivity index (χ4v) is 3.30. The Bertz CT molecular complexity index is 1120. The van der Waals surface area contributed by atoms with Crippen LogP contribution in [0.15, 0.2) is 77.3 Å². The molecule has 152 valence electrons. The van der Waals surface area contributed by atoms with Crippen molar-refractivity contribution >= 4 is 56.8 Å². The van der Waals surface area contributed by atoms with Gasteiger partial charge in [-0.2, -0.15) is 0 Å². The third-order valence-electron chi connectivity index (χ3n) is 4.11. The number of hydrogen-bond donors (Lipinski definition) is 2. The molecule has 0 spiro atoms. The number of amides is 2. The number of carbonyl (C=O) groups is 2. The van der Waals surface area contributed by atoms with Gasteiger partial charge >= 0.3 is 0 Å². The summed E-state index contributed by atoms with van der Waals surface area (Å²) in [6, 6.07) is 19.2. The molecule has 0 aliphatic heterocycles. The molecule has 2 amide bonds. The van der Waals surface area contributed by atoms with Gasteiger partial charge in [0, 0.05) is 27.5 Å². The Balaban J connectivity index is 1.68. The van der Waals surface area contributed by atoms with Gasteiger partial charge in [0.15, 0.2) is 0 Å². The zero-order chi connectivity index (χ0) is 21.5. The van der Waals surface area contributed by atoms with Gasteiger partial charge in [-0.1, -0.05) is 45.7 Å². The van der Waals surface area contributed by atoms with Crippen LogP contribution >= 0.6 is 27.5 Å². The molecule has 0 bridgehead atoms. The third kappa shape index (κ3) is 5.72. The molecule has 3 rings (SSSR count). The van der Waals surface area contributed by atoms with Gasteiger partial charge in [-0.15, -0.1) is 0 Å². The van der Waals surface area contributed by atoms with Crippen molar-refractivity contribution in [2.75, 3.05) is 17.7 Å². The molecule has 0 aliphatic rings. The second-order valence-electron chi connectivity index (χ2n) is 6.22. The van der Waals surface area contributed by atoms with Crippen molar-refractivity contribution in [3.63, 3.8) is 0 Å². The van der Waals surface area contributed by atoms with E-state index < -0.39 is 0 Å². The van der Waals surface area contributed by atoms with Crippen LogP contribution in [0, 0.1) is 0 Å². The maximum Gasteiger partial charge on any atom is 0.257 e. The molecular formula is C23H18BrClN2O3. The van der Waals surface area contributed by atoms with Gasteiger partial charge in [0.1, 0.15) is 5.75 Å². The quantitative estimate of drug-likeness (QED) is 0.420. The predicted molar refractivity (Wildman–Crippen MR) is 124 cm³/mol. The summed E-state index contributed by atoms with van der Waals surface area (Å²) >= 11 is 9.47. The van der Waals surface area contributed by atoms with E-state index in [1.54, 1.807) is 61.7 Å². The van der Waals surface area contributed by atoms with Crippen LogP contribution in [0.3, 0.4) is 0 Å². The van der Waals surface area contributed by atoms with E-state index in [1.165, 1.54) is 6.08 Å². The average molecular weight is 486 g/mol. The van der Waals surface area contributed by atoms with Crippen LogP contribution in [0.5, 0.6) is 5.75 Å². The highest BCUT2D eigenvalue weighted by atomic mass is 79.9. The van der Waals surface area contributed by atoms with Crippen molar-refractivity contribution in [2.45, 2.75) is 0 Å². The number of benzene rings is 3. The lowest BCUT2D eigenvalue weighted by Crippen LogP contribution is -2.13.